The molecule has 0 bridgehead atoms. The number of rotatable bonds is 2. The van der Waals surface area contributed by atoms with Crippen LogP contribution in [0.5, 0.6) is 0 Å². The molecule has 0 atom stereocenters. The molecule has 1 heterocycles. The van der Waals surface area contributed by atoms with E-state index in [0.29, 0.717) is 5.56 Å². The van der Waals surface area contributed by atoms with Crippen molar-refractivity contribution in [1.29, 1.82) is 0 Å². The van der Waals surface area contributed by atoms with Gasteiger partial charge in [-0.15, -0.1) is 0 Å². The van der Waals surface area contributed by atoms with Crippen LogP contribution >= 0.6 is 11.6 Å². The highest BCUT2D eigenvalue weighted by atomic mass is 35.5. The molecule has 0 radical (unpaired) electrons. The van der Waals surface area contributed by atoms with Crippen molar-refractivity contribution in [3.05, 3.63) is 23.1 Å². The smallest absolute Gasteiger partial charge is 0.307 e. The number of halogens is 1. The lowest BCUT2D eigenvalue weighted by Gasteiger charge is -1.88. The minimum atomic E-state index is -0.914. The zero-order valence-corrected chi connectivity index (χ0v) is 5.76. The predicted octanol–water partition coefficient (Wildman–Crippen LogP) is 1.56. The Balaban J connectivity index is 2.74. The molecule has 0 aromatic carbocycles. The molecule has 0 unspecified atom stereocenters. The average Bonchev–Trinajstić information content (AvgIpc) is 2.15. The number of aliphatic carboxylic acids is 1. The predicted molar refractivity (Wildman–Crippen MR) is 35.1 cm³/mol. The van der Waals surface area contributed by atoms with E-state index in [9.17, 15) is 4.79 Å². The zero-order valence-electron chi connectivity index (χ0n) is 5.00. The maximum atomic E-state index is 10.1. The molecule has 10 heavy (non-hydrogen) atoms. The molecule has 1 N–H and O–H groups in total. The Morgan fingerprint density at radius 1 is 1.80 bits per heavy atom. The first kappa shape index (κ1) is 7.15. The standard InChI is InChI=1S/C6H5ClO3/c7-6-4(1-2-10-6)3-5(8)9/h1-2H,3H2,(H,8,9). The summed E-state index contributed by atoms with van der Waals surface area (Å²) in [5.41, 5.74) is 0.508. The van der Waals surface area contributed by atoms with Gasteiger partial charge < -0.3 is 9.52 Å². The Bertz CT molecular complexity index is 241. The van der Waals surface area contributed by atoms with Gasteiger partial charge in [0.2, 0.25) is 0 Å². The van der Waals surface area contributed by atoms with Gasteiger partial charge in [-0.05, 0) is 17.7 Å². The molecule has 0 fully saturated rings. The van der Waals surface area contributed by atoms with Crippen molar-refractivity contribution in [2.45, 2.75) is 6.42 Å². The van der Waals surface area contributed by atoms with Crippen LogP contribution in [-0.2, 0) is 11.2 Å². The fraction of sp³-hybridized carbons (Fsp3) is 0.167. The normalized spacial score (nSPS) is 9.70. The van der Waals surface area contributed by atoms with E-state index in [0.717, 1.165) is 0 Å². The highest BCUT2D eigenvalue weighted by Gasteiger charge is 2.06. The van der Waals surface area contributed by atoms with Crippen LogP contribution in [0.4, 0.5) is 0 Å². The maximum Gasteiger partial charge on any atom is 0.307 e. The molecule has 0 aliphatic rings. The quantitative estimate of drug-likeness (QED) is 0.714. The van der Waals surface area contributed by atoms with E-state index in [1.165, 1.54) is 12.3 Å². The Hall–Kier alpha value is -0.960. The van der Waals surface area contributed by atoms with E-state index in [1.54, 1.807) is 0 Å². The van der Waals surface area contributed by atoms with Crippen molar-refractivity contribution < 1.29 is 14.3 Å². The largest absolute Gasteiger partial charge is 0.481 e. The Kier molecular flexibility index (Phi) is 1.97. The third kappa shape index (κ3) is 1.51. The van der Waals surface area contributed by atoms with Crippen LogP contribution in [0.15, 0.2) is 16.7 Å². The zero-order chi connectivity index (χ0) is 7.56. The van der Waals surface area contributed by atoms with E-state index >= 15 is 0 Å². The Morgan fingerprint density at radius 2 is 2.50 bits per heavy atom. The summed E-state index contributed by atoms with van der Waals surface area (Å²) in [6, 6.07) is 1.54. The van der Waals surface area contributed by atoms with E-state index in [2.05, 4.69) is 4.42 Å². The highest BCUT2D eigenvalue weighted by molar-refractivity contribution is 6.29. The second kappa shape index (κ2) is 2.75. The van der Waals surface area contributed by atoms with Gasteiger partial charge in [-0.25, -0.2) is 0 Å². The summed E-state index contributed by atoms with van der Waals surface area (Å²) >= 11 is 5.45. The summed E-state index contributed by atoms with van der Waals surface area (Å²) in [7, 11) is 0. The summed E-state index contributed by atoms with van der Waals surface area (Å²) in [4.78, 5) is 10.1. The van der Waals surface area contributed by atoms with E-state index in [-0.39, 0.29) is 11.6 Å². The molecular formula is C6H5ClO3. The van der Waals surface area contributed by atoms with Gasteiger partial charge in [0.15, 0.2) is 5.22 Å². The van der Waals surface area contributed by atoms with Crippen molar-refractivity contribution in [1.82, 2.24) is 0 Å². The van der Waals surface area contributed by atoms with Gasteiger partial charge in [0, 0.05) is 5.56 Å². The maximum absolute atomic E-state index is 10.1. The van der Waals surface area contributed by atoms with Crippen LogP contribution in [0, 0.1) is 0 Å². The second-order valence-corrected chi connectivity index (χ2v) is 2.13. The molecule has 0 aliphatic heterocycles. The lowest BCUT2D eigenvalue weighted by Crippen LogP contribution is -1.98. The van der Waals surface area contributed by atoms with Crippen molar-refractivity contribution in [2.75, 3.05) is 0 Å². The number of hydrogen-bond acceptors (Lipinski definition) is 2. The number of carbonyl (C=O) groups is 1. The van der Waals surface area contributed by atoms with Gasteiger partial charge in [-0.1, -0.05) is 0 Å². The summed E-state index contributed by atoms with van der Waals surface area (Å²) in [6.45, 7) is 0. The van der Waals surface area contributed by atoms with Crippen LogP contribution in [0.3, 0.4) is 0 Å². The molecule has 3 nitrogen and oxygen atoms in total. The van der Waals surface area contributed by atoms with Crippen LogP contribution in [0.2, 0.25) is 5.22 Å². The van der Waals surface area contributed by atoms with Gasteiger partial charge in [0.25, 0.3) is 0 Å². The van der Waals surface area contributed by atoms with Gasteiger partial charge in [-0.3, -0.25) is 4.79 Å². The Labute approximate surface area is 62.2 Å². The summed E-state index contributed by atoms with van der Waals surface area (Å²) < 4.78 is 4.67. The molecule has 0 aliphatic carbocycles. The first-order valence-corrected chi connectivity index (χ1v) is 3.01. The van der Waals surface area contributed by atoms with E-state index in [4.69, 9.17) is 16.7 Å². The number of carboxylic acid groups (broad SMARTS) is 1. The first-order valence-electron chi connectivity index (χ1n) is 2.64. The molecule has 0 amide bonds. The number of hydrogen-bond donors (Lipinski definition) is 1. The third-order valence-electron chi connectivity index (χ3n) is 1.03. The fourth-order valence-electron chi connectivity index (χ4n) is 0.608. The second-order valence-electron chi connectivity index (χ2n) is 1.79. The van der Waals surface area contributed by atoms with Crippen LogP contribution in [-0.4, -0.2) is 11.1 Å². The summed E-state index contributed by atoms with van der Waals surface area (Å²) in [5.74, 6) is -0.914. The average molecular weight is 161 g/mol. The lowest BCUT2D eigenvalue weighted by atomic mass is 10.2. The molecule has 4 heteroatoms. The van der Waals surface area contributed by atoms with Crippen molar-refractivity contribution >= 4 is 17.6 Å². The van der Waals surface area contributed by atoms with E-state index < -0.39 is 5.97 Å². The summed E-state index contributed by atoms with van der Waals surface area (Å²) in [6.07, 6.45) is 1.27. The number of furan rings is 1. The molecule has 54 valence electrons. The van der Waals surface area contributed by atoms with Crippen molar-refractivity contribution in [3.63, 3.8) is 0 Å². The monoisotopic (exact) mass is 160 g/mol. The van der Waals surface area contributed by atoms with Crippen LogP contribution < -0.4 is 0 Å². The van der Waals surface area contributed by atoms with Gasteiger partial charge >= 0.3 is 5.97 Å². The molecule has 1 aromatic rings. The topological polar surface area (TPSA) is 50.4 Å². The van der Waals surface area contributed by atoms with Gasteiger partial charge in [0.05, 0.1) is 12.7 Å². The van der Waals surface area contributed by atoms with E-state index in [1.807, 2.05) is 0 Å². The molecule has 1 aromatic heterocycles. The molecule has 0 saturated heterocycles. The molecule has 0 spiro atoms. The highest BCUT2D eigenvalue weighted by Crippen LogP contribution is 2.16. The van der Waals surface area contributed by atoms with Gasteiger partial charge in [-0.2, -0.15) is 0 Å². The molecule has 1 rings (SSSR count). The molecular weight excluding hydrogens is 156 g/mol. The third-order valence-corrected chi connectivity index (χ3v) is 1.37. The fourth-order valence-corrected chi connectivity index (χ4v) is 0.790. The Morgan fingerprint density at radius 3 is 2.90 bits per heavy atom. The SMILES string of the molecule is O=C(O)Cc1ccoc1Cl. The minimum Gasteiger partial charge on any atom is -0.481 e. The summed E-state index contributed by atoms with van der Waals surface area (Å²) in [5, 5.41) is 8.46. The van der Waals surface area contributed by atoms with Crippen LogP contribution in [0.1, 0.15) is 5.56 Å². The van der Waals surface area contributed by atoms with Crippen molar-refractivity contribution in [2.24, 2.45) is 0 Å². The molecule has 0 saturated carbocycles. The lowest BCUT2D eigenvalue weighted by molar-refractivity contribution is -0.136. The first-order chi connectivity index (χ1) is 4.70. The van der Waals surface area contributed by atoms with Crippen molar-refractivity contribution in [3.8, 4) is 0 Å². The van der Waals surface area contributed by atoms with Gasteiger partial charge in [0.1, 0.15) is 0 Å². The number of carboxylic acids is 1. The minimum absolute atomic E-state index is 0.0880. The van der Waals surface area contributed by atoms with Crippen LogP contribution in [0.25, 0.3) is 0 Å².